The van der Waals surface area contributed by atoms with E-state index in [4.69, 9.17) is 4.98 Å². The summed E-state index contributed by atoms with van der Waals surface area (Å²) in [4.78, 5) is 20.4. The molecule has 6 heteroatoms. The van der Waals surface area contributed by atoms with Gasteiger partial charge in [0.25, 0.3) is 0 Å². The number of imidazole rings is 1. The summed E-state index contributed by atoms with van der Waals surface area (Å²) >= 11 is 0. The van der Waals surface area contributed by atoms with Gasteiger partial charge in [-0.15, -0.1) is 0 Å². The number of benzene rings is 1. The first kappa shape index (κ1) is 17.7. The van der Waals surface area contributed by atoms with Crippen molar-refractivity contribution in [1.82, 2.24) is 29.4 Å². The molecule has 29 heavy (non-hydrogen) atoms. The maximum atomic E-state index is 4.79. The lowest BCUT2D eigenvalue weighted by Crippen LogP contribution is -2.31. The third-order valence-electron chi connectivity index (χ3n) is 5.31. The Morgan fingerprint density at radius 2 is 1.83 bits per heavy atom. The number of pyridine rings is 1. The van der Waals surface area contributed by atoms with Gasteiger partial charge in [0.1, 0.15) is 0 Å². The molecule has 1 aromatic carbocycles. The van der Waals surface area contributed by atoms with E-state index in [0.717, 1.165) is 49.7 Å². The van der Waals surface area contributed by atoms with E-state index in [1.165, 1.54) is 16.8 Å². The van der Waals surface area contributed by atoms with Gasteiger partial charge in [0, 0.05) is 68.5 Å². The largest absolute Gasteiger partial charge is 0.329 e. The van der Waals surface area contributed by atoms with Crippen LogP contribution in [0.15, 0.2) is 73.6 Å². The first-order valence-corrected chi connectivity index (χ1v) is 9.85. The van der Waals surface area contributed by atoms with Crippen LogP contribution in [0.25, 0.3) is 11.4 Å². The molecule has 0 atom stereocenters. The van der Waals surface area contributed by atoms with Crippen molar-refractivity contribution >= 4 is 0 Å². The fourth-order valence-corrected chi connectivity index (χ4v) is 3.78. The molecule has 5 rings (SSSR count). The molecule has 144 valence electrons. The van der Waals surface area contributed by atoms with Crippen molar-refractivity contribution in [2.45, 2.75) is 26.1 Å². The van der Waals surface area contributed by atoms with Crippen LogP contribution in [0.1, 0.15) is 22.5 Å². The van der Waals surface area contributed by atoms with E-state index < -0.39 is 0 Å². The van der Waals surface area contributed by atoms with Crippen molar-refractivity contribution in [3.8, 4) is 11.4 Å². The van der Waals surface area contributed by atoms with Crippen LogP contribution < -0.4 is 0 Å². The molecule has 0 unspecified atom stereocenters. The predicted molar refractivity (Wildman–Crippen MR) is 111 cm³/mol. The van der Waals surface area contributed by atoms with Crippen molar-refractivity contribution in [1.29, 1.82) is 0 Å². The minimum atomic E-state index is 0.756. The molecule has 4 aromatic rings. The molecular formula is C23H22N6. The Hall–Kier alpha value is -3.38. The van der Waals surface area contributed by atoms with Crippen molar-refractivity contribution in [2.24, 2.45) is 0 Å². The highest BCUT2D eigenvalue weighted by atomic mass is 15.2. The normalized spacial score (nSPS) is 13.9. The maximum absolute atomic E-state index is 4.79. The van der Waals surface area contributed by atoms with E-state index >= 15 is 0 Å². The molecule has 0 N–H and O–H groups in total. The number of fused-ring (bicyclic) bond motifs is 1. The predicted octanol–water partition coefficient (Wildman–Crippen LogP) is 3.34. The first-order chi connectivity index (χ1) is 14.3. The van der Waals surface area contributed by atoms with Crippen LogP contribution >= 0.6 is 0 Å². The molecule has 0 spiro atoms. The standard InChI is InChI=1S/C23H22N6/c1-2-5-18(6-3-1)14-29-17-25-13-21(29)16-28-10-8-22-20(15-28)12-26-23(27-22)19-7-4-9-24-11-19/h1-7,9,11-13,17H,8,10,14-16H2. The van der Waals surface area contributed by atoms with Crippen LogP contribution in [0, 0.1) is 0 Å². The summed E-state index contributed by atoms with van der Waals surface area (Å²) in [6, 6.07) is 14.4. The number of hydrogen-bond acceptors (Lipinski definition) is 5. The summed E-state index contributed by atoms with van der Waals surface area (Å²) in [6.07, 6.45) is 10.4. The fourth-order valence-electron chi connectivity index (χ4n) is 3.78. The summed E-state index contributed by atoms with van der Waals surface area (Å²) in [5, 5.41) is 0. The lowest BCUT2D eigenvalue weighted by Gasteiger charge is -2.28. The van der Waals surface area contributed by atoms with E-state index in [9.17, 15) is 0 Å². The van der Waals surface area contributed by atoms with Crippen LogP contribution in [-0.4, -0.2) is 35.9 Å². The highest BCUT2D eigenvalue weighted by Crippen LogP contribution is 2.22. The summed E-state index contributed by atoms with van der Waals surface area (Å²) in [5.41, 5.74) is 5.82. The fraction of sp³-hybridized carbons (Fsp3) is 0.217. The van der Waals surface area contributed by atoms with Crippen molar-refractivity contribution < 1.29 is 0 Å². The molecule has 0 radical (unpaired) electrons. The third kappa shape index (κ3) is 3.93. The Morgan fingerprint density at radius 3 is 2.69 bits per heavy atom. The van der Waals surface area contributed by atoms with Crippen molar-refractivity contribution in [3.05, 3.63) is 96.1 Å². The maximum Gasteiger partial charge on any atom is 0.160 e. The molecule has 0 fully saturated rings. The second kappa shape index (κ2) is 7.93. The minimum Gasteiger partial charge on any atom is -0.329 e. The summed E-state index contributed by atoms with van der Waals surface area (Å²) in [5.74, 6) is 0.756. The zero-order chi connectivity index (χ0) is 19.5. The molecule has 0 aliphatic carbocycles. The van der Waals surface area contributed by atoms with Crippen molar-refractivity contribution in [3.63, 3.8) is 0 Å². The van der Waals surface area contributed by atoms with Gasteiger partial charge in [-0.25, -0.2) is 15.0 Å². The summed E-state index contributed by atoms with van der Waals surface area (Å²) < 4.78 is 2.23. The molecular weight excluding hydrogens is 360 g/mol. The highest BCUT2D eigenvalue weighted by Gasteiger charge is 2.20. The Labute approximate surface area is 169 Å². The third-order valence-corrected chi connectivity index (χ3v) is 5.31. The second-order valence-corrected chi connectivity index (χ2v) is 7.37. The number of nitrogens with zero attached hydrogens (tertiary/aromatic N) is 6. The second-order valence-electron chi connectivity index (χ2n) is 7.37. The molecule has 0 bridgehead atoms. The molecule has 6 nitrogen and oxygen atoms in total. The topological polar surface area (TPSA) is 59.7 Å². The highest BCUT2D eigenvalue weighted by molar-refractivity contribution is 5.53. The lowest BCUT2D eigenvalue weighted by atomic mass is 10.1. The van der Waals surface area contributed by atoms with Crippen molar-refractivity contribution in [2.75, 3.05) is 6.54 Å². The SMILES string of the molecule is c1ccc(Cn2cncc2CN2CCc3nc(-c4cccnc4)ncc3C2)cc1. The van der Waals surface area contributed by atoms with Gasteiger partial charge in [-0.2, -0.15) is 0 Å². The van der Waals surface area contributed by atoms with E-state index in [1.807, 2.05) is 43.1 Å². The van der Waals surface area contributed by atoms with E-state index in [2.05, 4.69) is 48.7 Å². The Balaban J connectivity index is 1.29. The number of aromatic nitrogens is 5. The van der Waals surface area contributed by atoms with Crippen LogP contribution in [-0.2, 0) is 26.1 Å². The molecule has 0 saturated heterocycles. The van der Waals surface area contributed by atoms with Gasteiger partial charge in [-0.3, -0.25) is 9.88 Å². The molecule has 0 amide bonds. The van der Waals surface area contributed by atoms with E-state index in [1.54, 1.807) is 6.20 Å². The van der Waals surface area contributed by atoms with E-state index in [0.29, 0.717) is 0 Å². The average Bonchev–Trinajstić information content (AvgIpc) is 3.21. The van der Waals surface area contributed by atoms with Gasteiger partial charge in [-0.05, 0) is 17.7 Å². The summed E-state index contributed by atoms with van der Waals surface area (Å²) in [7, 11) is 0. The van der Waals surface area contributed by atoms with Gasteiger partial charge in [0.15, 0.2) is 5.82 Å². The number of rotatable bonds is 5. The van der Waals surface area contributed by atoms with Crippen LogP contribution in [0.2, 0.25) is 0 Å². The Bertz CT molecular complexity index is 1090. The Kier molecular flexibility index (Phi) is 4.84. The van der Waals surface area contributed by atoms with Gasteiger partial charge in [-0.1, -0.05) is 30.3 Å². The minimum absolute atomic E-state index is 0.756. The van der Waals surface area contributed by atoms with Gasteiger partial charge >= 0.3 is 0 Å². The zero-order valence-corrected chi connectivity index (χ0v) is 16.1. The summed E-state index contributed by atoms with van der Waals surface area (Å²) in [6.45, 7) is 3.56. The number of hydrogen-bond donors (Lipinski definition) is 0. The molecule has 0 saturated carbocycles. The zero-order valence-electron chi connectivity index (χ0n) is 16.1. The molecule has 1 aliphatic rings. The van der Waals surface area contributed by atoms with Gasteiger partial charge in [0.2, 0.25) is 0 Å². The van der Waals surface area contributed by atoms with Crippen LogP contribution in [0.5, 0.6) is 0 Å². The quantitative estimate of drug-likeness (QED) is 0.530. The lowest BCUT2D eigenvalue weighted by molar-refractivity contribution is 0.237. The Morgan fingerprint density at radius 1 is 0.897 bits per heavy atom. The molecule has 3 aromatic heterocycles. The van der Waals surface area contributed by atoms with Gasteiger partial charge in [0.05, 0.1) is 17.7 Å². The van der Waals surface area contributed by atoms with E-state index in [-0.39, 0.29) is 0 Å². The van der Waals surface area contributed by atoms with Crippen LogP contribution in [0.3, 0.4) is 0 Å². The smallest absolute Gasteiger partial charge is 0.160 e. The van der Waals surface area contributed by atoms with Crippen LogP contribution in [0.4, 0.5) is 0 Å². The first-order valence-electron chi connectivity index (χ1n) is 9.85. The average molecular weight is 382 g/mol. The molecule has 4 heterocycles. The van der Waals surface area contributed by atoms with Gasteiger partial charge < -0.3 is 4.57 Å². The molecule has 1 aliphatic heterocycles. The monoisotopic (exact) mass is 382 g/mol.